The lowest BCUT2D eigenvalue weighted by Gasteiger charge is -2.18. The Morgan fingerprint density at radius 3 is 2.08 bits per heavy atom. The number of hydrogen-bond acceptors (Lipinski definition) is 6. The molecule has 0 bridgehead atoms. The van der Waals surface area contributed by atoms with Crippen molar-refractivity contribution in [3.8, 4) is 0 Å². The number of nitrogens with zero attached hydrogens (tertiary/aromatic N) is 4. The maximum Gasteiger partial charge on any atom is 0.279 e. The van der Waals surface area contributed by atoms with Gasteiger partial charge < -0.3 is 5.32 Å². The fraction of sp³-hybridized carbons (Fsp3) is 0.333. The van der Waals surface area contributed by atoms with Gasteiger partial charge in [0.05, 0.1) is 32.8 Å². The number of carbonyl (C=O) groups excluding carboxylic acids is 1. The second-order valence-corrected chi connectivity index (χ2v) is 6.45. The first kappa shape index (κ1) is 18.0. The van der Waals surface area contributed by atoms with Gasteiger partial charge in [-0.25, -0.2) is 0 Å². The lowest BCUT2D eigenvalue weighted by Crippen LogP contribution is -2.22. The number of benzene rings is 1. The SMILES string of the molecule is Cc1c([N+](=O)[O-])cc(C(=O)Nc2cnn(C(C)(C)C)c2)cc1[N+](=O)[O-]. The number of carbonyl (C=O) groups is 1. The highest BCUT2D eigenvalue weighted by atomic mass is 16.6. The summed E-state index contributed by atoms with van der Waals surface area (Å²) in [6.07, 6.45) is 3.04. The molecule has 25 heavy (non-hydrogen) atoms. The molecule has 10 nitrogen and oxygen atoms in total. The van der Waals surface area contributed by atoms with Crippen LogP contribution in [0.25, 0.3) is 0 Å². The van der Waals surface area contributed by atoms with E-state index in [4.69, 9.17) is 0 Å². The minimum atomic E-state index is -0.753. The second kappa shape index (κ2) is 6.30. The van der Waals surface area contributed by atoms with Gasteiger partial charge in [0.1, 0.15) is 5.56 Å². The van der Waals surface area contributed by atoms with Crippen LogP contribution in [0.5, 0.6) is 0 Å². The fourth-order valence-corrected chi connectivity index (χ4v) is 2.15. The van der Waals surface area contributed by atoms with Crippen LogP contribution in [0.4, 0.5) is 17.1 Å². The Bertz CT molecular complexity index is 830. The van der Waals surface area contributed by atoms with E-state index in [9.17, 15) is 25.0 Å². The molecule has 0 atom stereocenters. The largest absolute Gasteiger partial charge is 0.319 e. The van der Waals surface area contributed by atoms with Crippen LogP contribution in [0.1, 0.15) is 36.7 Å². The fourth-order valence-electron chi connectivity index (χ4n) is 2.15. The Morgan fingerprint density at radius 2 is 1.68 bits per heavy atom. The highest BCUT2D eigenvalue weighted by Gasteiger charge is 2.25. The van der Waals surface area contributed by atoms with Crippen molar-refractivity contribution in [3.63, 3.8) is 0 Å². The molecule has 1 amide bonds. The summed E-state index contributed by atoms with van der Waals surface area (Å²) in [4.78, 5) is 33.0. The molecule has 0 spiro atoms. The molecule has 0 radical (unpaired) electrons. The first-order chi connectivity index (χ1) is 11.5. The number of rotatable bonds is 4. The molecule has 0 aliphatic heterocycles. The summed E-state index contributed by atoms with van der Waals surface area (Å²) < 4.78 is 1.64. The molecule has 0 aliphatic carbocycles. The Morgan fingerprint density at radius 1 is 1.16 bits per heavy atom. The normalized spacial score (nSPS) is 11.2. The molecule has 0 saturated carbocycles. The van der Waals surface area contributed by atoms with Gasteiger partial charge in [-0.1, -0.05) is 0 Å². The van der Waals surface area contributed by atoms with Crippen molar-refractivity contribution in [2.24, 2.45) is 0 Å². The lowest BCUT2D eigenvalue weighted by atomic mass is 10.1. The lowest BCUT2D eigenvalue weighted by molar-refractivity contribution is -0.395. The van der Waals surface area contributed by atoms with Crippen molar-refractivity contribution in [1.29, 1.82) is 0 Å². The standard InChI is InChI=1S/C15H17N5O5/c1-9-12(19(22)23)5-10(6-13(9)20(24)25)14(21)17-11-7-16-18(8-11)15(2,3)4/h5-8H,1-4H3,(H,17,21). The molecule has 2 rings (SSSR count). The molecule has 1 heterocycles. The van der Waals surface area contributed by atoms with Gasteiger partial charge in [0.15, 0.2) is 0 Å². The highest BCUT2D eigenvalue weighted by Crippen LogP contribution is 2.29. The van der Waals surface area contributed by atoms with Crippen molar-refractivity contribution in [2.75, 3.05) is 5.32 Å². The quantitative estimate of drug-likeness (QED) is 0.667. The highest BCUT2D eigenvalue weighted by molar-refractivity contribution is 6.05. The van der Waals surface area contributed by atoms with Crippen molar-refractivity contribution >= 4 is 23.0 Å². The predicted molar refractivity (Wildman–Crippen MR) is 89.7 cm³/mol. The number of hydrogen-bond donors (Lipinski definition) is 1. The molecule has 1 aromatic carbocycles. The average Bonchev–Trinajstić information content (AvgIpc) is 2.95. The molecule has 132 valence electrons. The van der Waals surface area contributed by atoms with E-state index < -0.39 is 27.1 Å². The number of aromatic nitrogens is 2. The van der Waals surface area contributed by atoms with Crippen molar-refractivity contribution < 1.29 is 14.6 Å². The molecule has 0 saturated heterocycles. The number of nitro benzene ring substituents is 2. The van der Waals surface area contributed by atoms with Gasteiger partial charge in [-0.15, -0.1) is 0 Å². The molecule has 2 aromatic rings. The van der Waals surface area contributed by atoms with E-state index in [1.165, 1.54) is 13.1 Å². The number of nitrogens with one attached hydrogen (secondary N) is 1. The van der Waals surface area contributed by atoms with Gasteiger partial charge in [-0.05, 0) is 27.7 Å². The van der Waals surface area contributed by atoms with Crippen LogP contribution in [0.2, 0.25) is 0 Å². The minimum absolute atomic E-state index is 0.105. The predicted octanol–water partition coefficient (Wildman–Crippen LogP) is 3.02. The summed E-state index contributed by atoms with van der Waals surface area (Å²) >= 11 is 0. The van der Waals surface area contributed by atoms with Crippen LogP contribution in [-0.4, -0.2) is 25.5 Å². The van der Waals surface area contributed by atoms with Crippen molar-refractivity contribution in [3.05, 3.63) is 55.9 Å². The molecule has 1 N–H and O–H groups in total. The third-order valence-electron chi connectivity index (χ3n) is 3.54. The van der Waals surface area contributed by atoms with E-state index in [0.717, 1.165) is 12.1 Å². The van der Waals surface area contributed by atoms with E-state index in [2.05, 4.69) is 10.4 Å². The van der Waals surface area contributed by atoms with Crippen molar-refractivity contribution in [2.45, 2.75) is 33.2 Å². The molecule has 0 aliphatic rings. The van der Waals surface area contributed by atoms with Gasteiger partial charge in [0, 0.05) is 18.3 Å². The Labute approximate surface area is 142 Å². The Hall–Kier alpha value is -3.30. The van der Waals surface area contributed by atoms with Crippen LogP contribution >= 0.6 is 0 Å². The van der Waals surface area contributed by atoms with Gasteiger partial charge in [-0.3, -0.25) is 29.7 Å². The van der Waals surface area contributed by atoms with E-state index in [1.54, 1.807) is 10.9 Å². The molecule has 0 unspecified atom stereocenters. The van der Waals surface area contributed by atoms with Crippen LogP contribution < -0.4 is 5.32 Å². The van der Waals surface area contributed by atoms with E-state index >= 15 is 0 Å². The van der Waals surface area contributed by atoms with Gasteiger partial charge in [0.25, 0.3) is 17.3 Å². The molecular weight excluding hydrogens is 330 g/mol. The average molecular weight is 347 g/mol. The van der Waals surface area contributed by atoms with Crippen LogP contribution in [0.15, 0.2) is 24.5 Å². The Kier molecular flexibility index (Phi) is 4.55. The number of nitro groups is 2. The topological polar surface area (TPSA) is 133 Å². The minimum Gasteiger partial charge on any atom is -0.319 e. The smallest absolute Gasteiger partial charge is 0.279 e. The zero-order valence-electron chi connectivity index (χ0n) is 14.1. The first-order valence-electron chi connectivity index (χ1n) is 7.30. The van der Waals surface area contributed by atoms with E-state index in [-0.39, 0.29) is 16.7 Å². The van der Waals surface area contributed by atoms with E-state index in [0.29, 0.717) is 5.69 Å². The molecule has 0 fully saturated rings. The monoisotopic (exact) mass is 347 g/mol. The summed E-state index contributed by atoms with van der Waals surface area (Å²) in [5, 5.41) is 28.8. The summed E-state index contributed by atoms with van der Waals surface area (Å²) in [7, 11) is 0. The summed E-state index contributed by atoms with van der Waals surface area (Å²) in [5.74, 6) is -0.695. The van der Waals surface area contributed by atoms with Crippen LogP contribution in [0, 0.1) is 27.2 Å². The number of amides is 1. The van der Waals surface area contributed by atoms with E-state index in [1.807, 2.05) is 20.8 Å². The van der Waals surface area contributed by atoms with Gasteiger partial charge in [0.2, 0.25) is 0 Å². The zero-order chi connectivity index (χ0) is 18.9. The molecule has 10 heteroatoms. The van der Waals surface area contributed by atoms with Crippen LogP contribution in [0.3, 0.4) is 0 Å². The number of anilines is 1. The van der Waals surface area contributed by atoms with Crippen molar-refractivity contribution in [1.82, 2.24) is 9.78 Å². The maximum atomic E-state index is 12.3. The Balaban J connectivity index is 2.37. The third-order valence-corrected chi connectivity index (χ3v) is 3.54. The second-order valence-electron chi connectivity index (χ2n) is 6.45. The van der Waals surface area contributed by atoms with Gasteiger partial charge >= 0.3 is 0 Å². The van der Waals surface area contributed by atoms with Crippen LogP contribution in [-0.2, 0) is 5.54 Å². The zero-order valence-corrected chi connectivity index (χ0v) is 14.1. The summed E-state index contributed by atoms with van der Waals surface area (Å²) in [5.41, 5.74) is -1.15. The molecular formula is C15H17N5O5. The van der Waals surface area contributed by atoms with Gasteiger partial charge in [-0.2, -0.15) is 5.10 Å². The first-order valence-corrected chi connectivity index (χ1v) is 7.30. The maximum absolute atomic E-state index is 12.3. The third kappa shape index (κ3) is 3.79. The summed E-state index contributed by atoms with van der Waals surface area (Å²) in [6, 6.07) is 2.04. The molecule has 1 aromatic heterocycles. The summed E-state index contributed by atoms with van der Waals surface area (Å²) in [6.45, 7) is 7.06.